The molecule has 9 heteroatoms. The summed E-state index contributed by atoms with van der Waals surface area (Å²) in [6, 6.07) is 6.19. The summed E-state index contributed by atoms with van der Waals surface area (Å²) in [6.45, 7) is 6.35. The Balaban J connectivity index is 1.77. The molecular weight excluding hydrogens is 358 g/mol. The summed E-state index contributed by atoms with van der Waals surface area (Å²) in [6.07, 6.45) is 0. The molecule has 1 fully saturated rings. The maximum Gasteiger partial charge on any atom is 0.324 e. The lowest BCUT2D eigenvalue weighted by molar-refractivity contribution is -0.921. The molecule has 0 radical (unpaired) electrons. The maximum absolute atomic E-state index is 11.8. The van der Waals surface area contributed by atoms with Gasteiger partial charge in [-0.3, -0.25) is 4.79 Å². The number of aromatic nitrogens is 4. The molecule has 1 aliphatic rings. The molecule has 0 bridgehead atoms. The number of methoxy groups -OCH3 is 1. The molecule has 0 amide bonds. The van der Waals surface area contributed by atoms with Gasteiger partial charge in [-0.25, -0.2) is 0 Å². The SMILES string of the molecule is COC(=O)[C@@H]1C[NH+](Cn2nnn(-c3cc(C)cc(C)c3)c2=S)CCS1. The van der Waals surface area contributed by atoms with E-state index in [1.54, 1.807) is 21.1 Å². The van der Waals surface area contributed by atoms with E-state index in [1.807, 2.05) is 26.0 Å². The number of nitrogens with zero attached hydrogens (tertiary/aromatic N) is 4. The number of quaternary nitrogens is 1. The maximum atomic E-state index is 11.8. The number of ether oxygens (including phenoxy) is 1. The first-order valence-electron chi connectivity index (χ1n) is 8.12. The van der Waals surface area contributed by atoms with Crippen molar-refractivity contribution >= 4 is 29.9 Å². The third-order valence-corrected chi connectivity index (χ3v) is 5.76. The molecule has 25 heavy (non-hydrogen) atoms. The van der Waals surface area contributed by atoms with Crippen molar-refractivity contribution in [3.8, 4) is 5.69 Å². The molecule has 0 spiro atoms. The summed E-state index contributed by atoms with van der Waals surface area (Å²) in [5, 5.41) is 8.31. The number of carbonyl (C=O) groups excluding carboxylic acids is 1. The molecule has 2 atom stereocenters. The van der Waals surface area contributed by atoms with Crippen LogP contribution in [0.15, 0.2) is 18.2 Å². The van der Waals surface area contributed by atoms with E-state index in [4.69, 9.17) is 17.0 Å². The predicted octanol–water partition coefficient (Wildman–Crippen LogP) is 0.546. The molecule has 1 aliphatic heterocycles. The quantitative estimate of drug-likeness (QED) is 0.617. The van der Waals surface area contributed by atoms with Crippen molar-refractivity contribution in [1.82, 2.24) is 19.8 Å². The monoisotopic (exact) mass is 380 g/mol. The highest BCUT2D eigenvalue weighted by molar-refractivity contribution is 8.00. The van der Waals surface area contributed by atoms with Crippen LogP contribution in [0.2, 0.25) is 0 Å². The minimum Gasteiger partial charge on any atom is -0.468 e. The summed E-state index contributed by atoms with van der Waals surface area (Å²) >= 11 is 7.20. The lowest BCUT2D eigenvalue weighted by Crippen LogP contribution is -3.14. The van der Waals surface area contributed by atoms with E-state index in [-0.39, 0.29) is 11.2 Å². The van der Waals surface area contributed by atoms with Crippen LogP contribution in [-0.4, -0.2) is 57.0 Å². The number of nitrogens with one attached hydrogen (secondary N) is 1. The number of hydrogen-bond donors (Lipinski definition) is 1. The largest absolute Gasteiger partial charge is 0.468 e. The van der Waals surface area contributed by atoms with Crippen molar-refractivity contribution < 1.29 is 14.4 Å². The average molecular weight is 381 g/mol. The van der Waals surface area contributed by atoms with Gasteiger partial charge in [-0.2, -0.15) is 9.36 Å². The highest BCUT2D eigenvalue weighted by Gasteiger charge is 2.30. The molecular formula is C16H22N5O2S2+. The van der Waals surface area contributed by atoms with Gasteiger partial charge in [0, 0.05) is 5.75 Å². The van der Waals surface area contributed by atoms with E-state index in [0.717, 1.165) is 29.1 Å². The zero-order chi connectivity index (χ0) is 18.0. The molecule has 1 aromatic carbocycles. The minimum absolute atomic E-state index is 0.127. The molecule has 134 valence electrons. The van der Waals surface area contributed by atoms with Crippen molar-refractivity contribution in [3.63, 3.8) is 0 Å². The zero-order valence-electron chi connectivity index (χ0n) is 14.6. The summed E-state index contributed by atoms with van der Waals surface area (Å²) in [5.74, 6) is 0.748. The van der Waals surface area contributed by atoms with E-state index in [0.29, 0.717) is 18.0 Å². The summed E-state index contributed by atoms with van der Waals surface area (Å²) in [4.78, 5) is 13.0. The second kappa shape index (κ2) is 7.67. The van der Waals surface area contributed by atoms with Gasteiger partial charge in [-0.1, -0.05) is 6.07 Å². The van der Waals surface area contributed by atoms with E-state index in [1.165, 1.54) is 12.0 Å². The Morgan fingerprint density at radius 3 is 2.76 bits per heavy atom. The van der Waals surface area contributed by atoms with Crippen molar-refractivity contribution in [2.45, 2.75) is 25.8 Å². The number of carbonyl (C=O) groups is 1. The molecule has 0 saturated carbocycles. The van der Waals surface area contributed by atoms with Gasteiger partial charge < -0.3 is 9.64 Å². The fourth-order valence-corrected chi connectivity index (χ4v) is 4.54. The Morgan fingerprint density at radius 1 is 1.36 bits per heavy atom. The van der Waals surface area contributed by atoms with Gasteiger partial charge in [0.15, 0.2) is 11.9 Å². The fourth-order valence-electron chi connectivity index (χ4n) is 3.02. The van der Waals surface area contributed by atoms with E-state index in [2.05, 4.69) is 16.5 Å². The molecule has 1 unspecified atom stereocenters. The van der Waals surface area contributed by atoms with Crippen LogP contribution in [0.4, 0.5) is 0 Å². The first kappa shape index (κ1) is 18.1. The van der Waals surface area contributed by atoms with Gasteiger partial charge in [-0.05, 0) is 59.8 Å². The summed E-state index contributed by atoms with van der Waals surface area (Å²) in [5.41, 5.74) is 3.24. The van der Waals surface area contributed by atoms with Gasteiger partial charge in [0.2, 0.25) is 4.77 Å². The van der Waals surface area contributed by atoms with Crippen molar-refractivity contribution in [2.75, 3.05) is 26.0 Å². The molecule has 2 aromatic rings. The summed E-state index contributed by atoms with van der Waals surface area (Å²) in [7, 11) is 1.43. The van der Waals surface area contributed by atoms with Gasteiger partial charge >= 0.3 is 5.97 Å². The molecule has 1 N–H and O–H groups in total. The van der Waals surface area contributed by atoms with Crippen LogP contribution in [-0.2, 0) is 16.2 Å². The topological polar surface area (TPSA) is 66.4 Å². The normalized spacial score (nSPS) is 20.4. The number of benzene rings is 1. The second-order valence-electron chi connectivity index (χ2n) is 6.26. The molecule has 7 nitrogen and oxygen atoms in total. The lowest BCUT2D eigenvalue weighted by atomic mass is 10.1. The first-order valence-corrected chi connectivity index (χ1v) is 9.58. The second-order valence-corrected chi connectivity index (χ2v) is 7.94. The number of esters is 1. The smallest absolute Gasteiger partial charge is 0.324 e. The third kappa shape index (κ3) is 4.10. The zero-order valence-corrected chi connectivity index (χ0v) is 16.2. The standard InChI is InChI=1S/C16H21N5O2S2/c1-11-6-12(2)8-13(7-11)21-16(24)20(17-18-21)10-19-4-5-25-14(9-19)15(22)23-3/h6-8,14H,4-5,9-10H2,1-3H3/p+1/t14-/m0/s1. The average Bonchev–Trinajstić information content (AvgIpc) is 2.94. The Hall–Kier alpha value is -1.71. The van der Waals surface area contributed by atoms with Crippen LogP contribution in [0.3, 0.4) is 0 Å². The highest BCUT2D eigenvalue weighted by Crippen LogP contribution is 2.14. The number of thioether (sulfide) groups is 1. The third-order valence-electron chi connectivity index (χ3n) is 4.18. The van der Waals surface area contributed by atoms with Crippen molar-refractivity contribution in [3.05, 3.63) is 34.1 Å². The van der Waals surface area contributed by atoms with Crippen LogP contribution in [0.1, 0.15) is 11.1 Å². The predicted molar refractivity (Wildman–Crippen MR) is 98.6 cm³/mol. The van der Waals surface area contributed by atoms with Crippen LogP contribution in [0, 0.1) is 18.6 Å². The Labute approximate surface area is 155 Å². The van der Waals surface area contributed by atoms with Crippen LogP contribution in [0.25, 0.3) is 5.69 Å². The van der Waals surface area contributed by atoms with Crippen LogP contribution in [0.5, 0.6) is 0 Å². The fraction of sp³-hybridized carbons (Fsp3) is 0.500. The van der Waals surface area contributed by atoms with Crippen LogP contribution >= 0.6 is 24.0 Å². The molecule has 1 aromatic heterocycles. The minimum atomic E-state index is -0.162. The number of aryl methyl sites for hydroxylation is 2. The first-order chi connectivity index (χ1) is 12.0. The molecule has 0 aliphatic carbocycles. The number of tetrazole rings is 1. The van der Waals surface area contributed by atoms with E-state index in [9.17, 15) is 4.79 Å². The number of hydrogen-bond acceptors (Lipinski definition) is 6. The molecule has 1 saturated heterocycles. The van der Waals surface area contributed by atoms with Gasteiger partial charge in [0.1, 0.15) is 6.54 Å². The van der Waals surface area contributed by atoms with Crippen LogP contribution < -0.4 is 4.90 Å². The van der Waals surface area contributed by atoms with E-state index >= 15 is 0 Å². The lowest BCUT2D eigenvalue weighted by Gasteiger charge is -2.27. The van der Waals surface area contributed by atoms with Crippen molar-refractivity contribution in [1.29, 1.82) is 0 Å². The molecule has 2 heterocycles. The Kier molecular flexibility index (Phi) is 5.55. The summed E-state index contributed by atoms with van der Waals surface area (Å²) < 4.78 is 8.84. The van der Waals surface area contributed by atoms with E-state index < -0.39 is 0 Å². The Morgan fingerprint density at radius 2 is 2.08 bits per heavy atom. The van der Waals surface area contributed by atoms with Crippen molar-refractivity contribution in [2.24, 2.45) is 0 Å². The Bertz CT molecular complexity index is 812. The van der Waals surface area contributed by atoms with Gasteiger partial charge in [0.25, 0.3) is 0 Å². The molecule has 3 rings (SSSR count). The number of rotatable bonds is 4. The van der Waals surface area contributed by atoms with Gasteiger partial charge in [-0.15, -0.1) is 11.8 Å². The highest BCUT2D eigenvalue weighted by atomic mass is 32.2. The van der Waals surface area contributed by atoms with Gasteiger partial charge in [0.05, 0.1) is 19.3 Å².